The highest BCUT2D eigenvalue weighted by Crippen LogP contribution is 2.26. The predicted molar refractivity (Wildman–Crippen MR) is 102 cm³/mol. The molecule has 4 aromatic rings. The number of nitrogens with two attached hydrogens (primary N) is 1. The fourth-order valence-electron chi connectivity index (χ4n) is 2.90. The Bertz CT molecular complexity index is 1170. The van der Waals surface area contributed by atoms with Crippen molar-refractivity contribution in [1.82, 2.24) is 19.5 Å². The maximum atomic E-state index is 12.3. The van der Waals surface area contributed by atoms with Gasteiger partial charge in [-0.1, -0.05) is 12.1 Å². The number of anilines is 3. The number of halogens is 3. The van der Waals surface area contributed by atoms with E-state index in [4.69, 9.17) is 5.73 Å². The van der Waals surface area contributed by atoms with E-state index in [0.717, 1.165) is 11.0 Å². The molecular formula is C19H15F3N6O. The van der Waals surface area contributed by atoms with E-state index in [9.17, 15) is 13.2 Å². The Balaban J connectivity index is 1.65. The number of benzene rings is 2. The molecule has 148 valence electrons. The lowest BCUT2D eigenvalue weighted by Gasteiger charge is -2.12. The van der Waals surface area contributed by atoms with Crippen LogP contribution >= 0.6 is 0 Å². The summed E-state index contributed by atoms with van der Waals surface area (Å²) in [5, 5.41) is 3.00. The van der Waals surface area contributed by atoms with Crippen LogP contribution in [0.4, 0.5) is 30.5 Å². The molecule has 0 saturated carbocycles. The van der Waals surface area contributed by atoms with Gasteiger partial charge in [0, 0.05) is 11.8 Å². The zero-order valence-corrected chi connectivity index (χ0v) is 15.1. The minimum atomic E-state index is -4.74. The van der Waals surface area contributed by atoms with Gasteiger partial charge in [0.05, 0.1) is 11.0 Å². The number of aromatic nitrogens is 4. The van der Waals surface area contributed by atoms with Crippen LogP contribution in [0.1, 0.15) is 5.82 Å². The van der Waals surface area contributed by atoms with Crippen LogP contribution in [0.5, 0.6) is 5.75 Å². The molecular weight excluding hydrogens is 385 g/mol. The number of fused-ring (bicyclic) bond motifs is 1. The molecule has 0 aliphatic carbocycles. The number of rotatable bonds is 4. The van der Waals surface area contributed by atoms with Crippen molar-refractivity contribution < 1.29 is 17.9 Å². The third-order valence-electron chi connectivity index (χ3n) is 4.02. The number of imidazole rings is 1. The molecule has 7 nitrogen and oxygen atoms in total. The lowest BCUT2D eigenvalue weighted by atomic mass is 10.3. The number of para-hydroxylation sites is 2. The second kappa shape index (κ2) is 6.97. The van der Waals surface area contributed by atoms with Gasteiger partial charge in [-0.05, 0) is 43.3 Å². The lowest BCUT2D eigenvalue weighted by molar-refractivity contribution is -0.274. The SMILES string of the molecule is Cc1nc2ccccc2n1-c1nc(N)cc(Nc2ccc(OC(F)(F)F)cc2)n1. The van der Waals surface area contributed by atoms with Crippen LogP contribution < -0.4 is 15.8 Å². The summed E-state index contributed by atoms with van der Waals surface area (Å²) in [6, 6.07) is 14.4. The molecule has 4 rings (SSSR count). The van der Waals surface area contributed by atoms with Crippen molar-refractivity contribution in [2.45, 2.75) is 13.3 Å². The molecule has 0 atom stereocenters. The van der Waals surface area contributed by atoms with Crippen molar-refractivity contribution >= 4 is 28.4 Å². The van der Waals surface area contributed by atoms with Crippen molar-refractivity contribution in [1.29, 1.82) is 0 Å². The van der Waals surface area contributed by atoms with E-state index in [-0.39, 0.29) is 11.6 Å². The molecule has 0 aliphatic rings. The quantitative estimate of drug-likeness (QED) is 0.529. The first-order valence-electron chi connectivity index (χ1n) is 8.50. The molecule has 0 spiro atoms. The fraction of sp³-hybridized carbons (Fsp3) is 0.105. The number of aryl methyl sites for hydroxylation is 1. The molecule has 3 N–H and O–H groups in total. The van der Waals surface area contributed by atoms with E-state index in [1.807, 2.05) is 31.2 Å². The first-order valence-corrected chi connectivity index (χ1v) is 8.50. The molecule has 0 bridgehead atoms. The first kappa shape index (κ1) is 18.5. The molecule has 29 heavy (non-hydrogen) atoms. The van der Waals surface area contributed by atoms with Gasteiger partial charge < -0.3 is 15.8 Å². The van der Waals surface area contributed by atoms with Crippen molar-refractivity contribution in [3.8, 4) is 11.7 Å². The van der Waals surface area contributed by atoms with E-state index in [2.05, 4.69) is 25.0 Å². The third-order valence-corrected chi connectivity index (χ3v) is 4.02. The van der Waals surface area contributed by atoms with Gasteiger partial charge in [-0.3, -0.25) is 4.57 Å². The Morgan fingerprint density at radius 1 is 1.00 bits per heavy atom. The van der Waals surface area contributed by atoms with Crippen molar-refractivity contribution in [3.63, 3.8) is 0 Å². The summed E-state index contributed by atoms with van der Waals surface area (Å²) in [4.78, 5) is 13.2. The Morgan fingerprint density at radius 3 is 2.45 bits per heavy atom. The number of hydrogen-bond acceptors (Lipinski definition) is 6. The van der Waals surface area contributed by atoms with Crippen LogP contribution in [0.2, 0.25) is 0 Å². The second-order valence-corrected chi connectivity index (χ2v) is 6.16. The first-order chi connectivity index (χ1) is 13.8. The highest BCUT2D eigenvalue weighted by Gasteiger charge is 2.30. The topological polar surface area (TPSA) is 90.9 Å². The summed E-state index contributed by atoms with van der Waals surface area (Å²) < 4.78 is 42.5. The summed E-state index contributed by atoms with van der Waals surface area (Å²) in [6.07, 6.45) is -4.74. The van der Waals surface area contributed by atoms with Crippen LogP contribution in [-0.4, -0.2) is 25.9 Å². The highest BCUT2D eigenvalue weighted by atomic mass is 19.4. The van der Waals surface area contributed by atoms with E-state index in [1.165, 1.54) is 30.3 Å². The zero-order valence-electron chi connectivity index (χ0n) is 15.1. The largest absolute Gasteiger partial charge is 0.573 e. The molecule has 2 aromatic carbocycles. The molecule has 0 fully saturated rings. The smallest absolute Gasteiger partial charge is 0.406 e. The zero-order chi connectivity index (χ0) is 20.6. The highest BCUT2D eigenvalue weighted by molar-refractivity contribution is 5.77. The van der Waals surface area contributed by atoms with Gasteiger partial charge in [-0.25, -0.2) is 4.98 Å². The minimum Gasteiger partial charge on any atom is -0.406 e. The molecule has 10 heteroatoms. The van der Waals surface area contributed by atoms with Gasteiger partial charge in [0.25, 0.3) is 0 Å². The van der Waals surface area contributed by atoms with Crippen molar-refractivity contribution in [3.05, 3.63) is 60.4 Å². The Hall–Kier alpha value is -3.82. The molecule has 0 aliphatic heterocycles. The molecule has 0 saturated heterocycles. The van der Waals surface area contributed by atoms with Crippen molar-refractivity contribution in [2.75, 3.05) is 11.1 Å². The van der Waals surface area contributed by atoms with E-state index >= 15 is 0 Å². The number of ether oxygens (including phenoxy) is 1. The van der Waals surface area contributed by atoms with Gasteiger partial charge in [-0.2, -0.15) is 9.97 Å². The maximum Gasteiger partial charge on any atom is 0.573 e. The number of nitrogen functional groups attached to an aromatic ring is 1. The number of alkyl halides is 3. The lowest BCUT2D eigenvalue weighted by Crippen LogP contribution is -2.17. The molecule has 0 radical (unpaired) electrons. The van der Waals surface area contributed by atoms with Crippen LogP contribution in [-0.2, 0) is 0 Å². The average molecular weight is 400 g/mol. The van der Waals surface area contributed by atoms with E-state index < -0.39 is 6.36 Å². The van der Waals surface area contributed by atoms with Gasteiger partial charge in [0.15, 0.2) is 0 Å². The Labute approximate surface area is 163 Å². The normalized spacial score (nSPS) is 11.6. The number of nitrogens with one attached hydrogen (secondary N) is 1. The average Bonchev–Trinajstić information content (AvgIpc) is 2.97. The van der Waals surface area contributed by atoms with Crippen molar-refractivity contribution in [2.24, 2.45) is 0 Å². The molecule has 2 heterocycles. The Morgan fingerprint density at radius 2 is 1.72 bits per heavy atom. The van der Waals surface area contributed by atoms with Crippen LogP contribution in [0, 0.1) is 6.92 Å². The molecule has 2 aromatic heterocycles. The van der Waals surface area contributed by atoms with Crippen LogP contribution in [0.3, 0.4) is 0 Å². The maximum absolute atomic E-state index is 12.3. The number of hydrogen-bond donors (Lipinski definition) is 2. The molecule has 0 amide bonds. The Kier molecular flexibility index (Phi) is 4.45. The van der Waals surface area contributed by atoms with Gasteiger partial charge in [0.2, 0.25) is 5.95 Å². The number of nitrogens with zero attached hydrogens (tertiary/aromatic N) is 4. The summed E-state index contributed by atoms with van der Waals surface area (Å²) in [5.41, 5.74) is 8.07. The second-order valence-electron chi connectivity index (χ2n) is 6.16. The summed E-state index contributed by atoms with van der Waals surface area (Å²) >= 11 is 0. The van der Waals surface area contributed by atoms with Gasteiger partial charge in [-0.15, -0.1) is 13.2 Å². The third kappa shape index (κ3) is 4.05. The summed E-state index contributed by atoms with van der Waals surface area (Å²) in [5.74, 6) is 1.32. The predicted octanol–water partition coefficient (Wildman–Crippen LogP) is 4.35. The standard InChI is InChI=1S/C19H15F3N6O/c1-11-24-14-4-2-3-5-15(14)28(11)18-26-16(23)10-17(27-18)25-12-6-8-13(9-7-12)29-19(20,21)22/h2-10H,1H3,(H3,23,25,26,27). The van der Waals surface area contributed by atoms with E-state index in [1.54, 1.807) is 4.57 Å². The van der Waals surface area contributed by atoms with E-state index in [0.29, 0.717) is 23.3 Å². The van der Waals surface area contributed by atoms with Gasteiger partial charge in [0.1, 0.15) is 23.2 Å². The summed E-state index contributed by atoms with van der Waals surface area (Å²) in [7, 11) is 0. The fourth-order valence-corrected chi connectivity index (χ4v) is 2.90. The summed E-state index contributed by atoms with van der Waals surface area (Å²) in [6.45, 7) is 1.83. The minimum absolute atomic E-state index is 0.228. The molecule has 0 unspecified atom stereocenters. The van der Waals surface area contributed by atoms with Crippen LogP contribution in [0.15, 0.2) is 54.6 Å². The van der Waals surface area contributed by atoms with Gasteiger partial charge >= 0.3 is 6.36 Å². The monoisotopic (exact) mass is 400 g/mol. The van der Waals surface area contributed by atoms with Crippen LogP contribution in [0.25, 0.3) is 17.0 Å².